The van der Waals surface area contributed by atoms with Gasteiger partial charge in [0.15, 0.2) is 0 Å². The van der Waals surface area contributed by atoms with E-state index in [0.29, 0.717) is 18.8 Å². The van der Waals surface area contributed by atoms with Crippen molar-refractivity contribution < 1.29 is 9.47 Å². The molecule has 0 fully saturated rings. The second-order valence-electron chi connectivity index (χ2n) is 4.73. The minimum absolute atomic E-state index is 0.640. The Morgan fingerprint density at radius 2 is 1.81 bits per heavy atom. The van der Waals surface area contributed by atoms with Crippen LogP contribution in [0, 0.1) is 0 Å². The summed E-state index contributed by atoms with van der Waals surface area (Å²) in [6.45, 7) is 3.38. The number of rotatable bonds is 7. The summed E-state index contributed by atoms with van der Waals surface area (Å²) in [6, 6.07) is 13.7. The fourth-order valence-electron chi connectivity index (χ4n) is 2.08. The summed E-state index contributed by atoms with van der Waals surface area (Å²) >= 11 is 0. The van der Waals surface area contributed by atoms with E-state index in [1.807, 2.05) is 42.5 Å². The topological polar surface area (TPSA) is 56.5 Å². The Labute approximate surface area is 125 Å². The second-order valence-corrected chi connectivity index (χ2v) is 4.73. The lowest BCUT2D eigenvalue weighted by molar-refractivity contribution is 0.319. The van der Waals surface area contributed by atoms with Crippen LogP contribution in [0.25, 0.3) is 0 Å². The van der Waals surface area contributed by atoms with Crippen molar-refractivity contribution in [3.63, 3.8) is 0 Å². The molecule has 2 aromatic rings. The van der Waals surface area contributed by atoms with Gasteiger partial charge in [0.05, 0.1) is 25.1 Å². The summed E-state index contributed by atoms with van der Waals surface area (Å²) in [5.74, 6) is 1.59. The maximum atomic E-state index is 6.14. The van der Waals surface area contributed by atoms with Crippen molar-refractivity contribution in [2.24, 2.45) is 0 Å². The van der Waals surface area contributed by atoms with Gasteiger partial charge in [0.25, 0.3) is 0 Å². The number of hydrogen-bond acceptors (Lipinski definition) is 4. The van der Waals surface area contributed by atoms with Crippen molar-refractivity contribution in [1.82, 2.24) is 0 Å². The van der Waals surface area contributed by atoms with Gasteiger partial charge in [0.1, 0.15) is 11.5 Å². The van der Waals surface area contributed by atoms with Crippen LogP contribution in [0.5, 0.6) is 11.5 Å². The lowest BCUT2D eigenvalue weighted by atomic mass is 10.2. The second kappa shape index (κ2) is 7.43. The van der Waals surface area contributed by atoms with Gasteiger partial charge in [-0.05, 0) is 24.6 Å². The first-order chi connectivity index (χ1) is 10.3. The van der Waals surface area contributed by atoms with Crippen molar-refractivity contribution >= 4 is 11.4 Å². The van der Waals surface area contributed by atoms with Crippen LogP contribution in [0.2, 0.25) is 0 Å². The molecular weight excluding hydrogens is 264 g/mol. The Morgan fingerprint density at radius 3 is 2.57 bits per heavy atom. The Morgan fingerprint density at radius 1 is 1.05 bits per heavy atom. The highest BCUT2D eigenvalue weighted by Gasteiger charge is 2.07. The molecule has 0 radical (unpaired) electrons. The third-order valence-corrected chi connectivity index (χ3v) is 3.19. The Hall–Kier alpha value is -2.36. The van der Waals surface area contributed by atoms with E-state index in [4.69, 9.17) is 15.2 Å². The summed E-state index contributed by atoms with van der Waals surface area (Å²) in [5, 5.41) is 3.34. The fraction of sp³-hybridized carbons (Fsp3) is 0.294. The molecule has 0 atom stereocenters. The van der Waals surface area contributed by atoms with E-state index in [9.17, 15) is 0 Å². The van der Waals surface area contributed by atoms with Crippen LogP contribution in [-0.2, 0) is 6.54 Å². The van der Waals surface area contributed by atoms with Gasteiger partial charge in [-0.1, -0.05) is 31.2 Å². The largest absolute Gasteiger partial charge is 0.496 e. The summed E-state index contributed by atoms with van der Waals surface area (Å²) in [6.07, 6.45) is 0.957. The van der Waals surface area contributed by atoms with Crippen LogP contribution in [-0.4, -0.2) is 13.7 Å². The van der Waals surface area contributed by atoms with Crippen molar-refractivity contribution in [3.05, 3.63) is 48.0 Å². The zero-order valence-corrected chi connectivity index (χ0v) is 12.6. The highest BCUT2D eigenvalue weighted by atomic mass is 16.5. The predicted molar refractivity (Wildman–Crippen MR) is 87.0 cm³/mol. The number of methoxy groups -OCH3 is 1. The fourth-order valence-corrected chi connectivity index (χ4v) is 2.08. The van der Waals surface area contributed by atoms with Crippen molar-refractivity contribution in [3.8, 4) is 11.5 Å². The van der Waals surface area contributed by atoms with Gasteiger partial charge in [0.2, 0.25) is 0 Å². The summed E-state index contributed by atoms with van der Waals surface area (Å²) in [4.78, 5) is 0. The standard InChI is InChI=1S/C17H22N2O2/c1-3-11-21-16-10-6-8-14(17(16)18)19-12-13-7-4-5-9-15(13)20-2/h4-10,19H,3,11-12,18H2,1-2H3. The maximum Gasteiger partial charge on any atom is 0.144 e. The molecule has 0 aliphatic rings. The van der Waals surface area contributed by atoms with Crippen molar-refractivity contribution in [1.29, 1.82) is 0 Å². The van der Waals surface area contributed by atoms with Gasteiger partial charge in [-0.25, -0.2) is 0 Å². The molecule has 21 heavy (non-hydrogen) atoms. The van der Waals surface area contributed by atoms with Gasteiger partial charge in [-0.15, -0.1) is 0 Å². The molecule has 2 aromatic carbocycles. The smallest absolute Gasteiger partial charge is 0.144 e. The normalized spacial score (nSPS) is 10.2. The summed E-state index contributed by atoms with van der Waals surface area (Å²) in [5.41, 5.74) is 8.73. The molecule has 112 valence electrons. The van der Waals surface area contributed by atoms with E-state index in [-0.39, 0.29) is 0 Å². The van der Waals surface area contributed by atoms with Crippen LogP contribution >= 0.6 is 0 Å². The molecule has 0 spiro atoms. The molecule has 0 saturated heterocycles. The Bertz CT molecular complexity index is 585. The van der Waals surface area contributed by atoms with E-state index in [0.717, 1.165) is 29.2 Å². The van der Waals surface area contributed by atoms with E-state index in [2.05, 4.69) is 12.2 Å². The average molecular weight is 286 g/mol. The lowest BCUT2D eigenvalue weighted by Crippen LogP contribution is -2.06. The molecule has 4 nitrogen and oxygen atoms in total. The molecule has 0 bridgehead atoms. The number of anilines is 2. The minimum atomic E-state index is 0.640. The number of hydrogen-bond donors (Lipinski definition) is 2. The van der Waals surface area contributed by atoms with E-state index in [1.165, 1.54) is 0 Å². The summed E-state index contributed by atoms with van der Waals surface area (Å²) < 4.78 is 11.0. The maximum absolute atomic E-state index is 6.14. The Kier molecular flexibility index (Phi) is 5.32. The molecule has 0 aliphatic heterocycles. The first-order valence-corrected chi connectivity index (χ1v) is 7.13. The van der Waals surface area contributed by atoms with E-state index < -0.39 is 0 Å². The highest BCUT2D eigenvalue weighted by molar-refractivity contribution is 5.73. The van der Waals surface area contributed by atoms with Crippen molar-refractivity contribution in [2.45, 2.75) is 19.9 Å². The van der Waals surface area contributed by atoms with E-state index >= 15 is 0 Å². The SMILES string of the molecule is CCCOc1cccc(NCc2ccccc2OC)c1N. The van der Waals surface area contributed by atoms with Crippen LogP contribution in [0.3, 0.4) is 0 Å². The number of ether oxygens (including phenoxy) is 2. The van der Waals surface area contributed by atoms with Gasteiger partial charge in [-0.2, -0.15) is 0 Å². The third kappa shape index (κ3) is 3.81. The van der Waals surface area contributed by atoms with E-state index in [1.54, 1.807) is 7.11 Å². The monoisotopic (exact) mass is 286 g/mol. The lowest BCUT2D eigenvalue weighted by Gasteiger charge is -2.14. The first kappa shape index (κ1) is 15.0. The Balaban J connectivity index is 2.09. The molecule has 4 heteroatoms. The van der Waals surface area contributed by atoms with Crippen LogP contribution in [0.15, 0.2) is 42.5 Å². The quantitative estimate of drug-likeness (QED) is 0.762. The number of nitrogens with one attached hydrogen (secondary N) is 1. The number of benzene rings is 2. The first-order valence-electron chi connectivity index (χ1n) is 7.13. The van der Waals surface area contributed by atoms with Gasteiger partial charge < -0.3 is 20.5 Å². The van der Waals surface area contributed by atoms with Gasteiger partial charge in [0, 0.05) is 12.1 Å². The molecule has 0 amide bonds. The number of nitrogens with two attached hydrogens (primary N) is 1. The highest BCUT2D eigenvalue weighted by Crippen LogP contribution is 2.30. The van der Waals surface area contributed by atoms with Crippen LogP contribution in [0.4, 0.5) is 11.4 Å². The van der Waals surface area contributed by atoms with Gasteiger partial charge >= 0.3 is 0 Å². The average Bonchev–Trinajstić information content (AvgIpc) is 2.53. The zero-order valence-electron chi connectivity index (χ0n) is 12.6. The number of nitrogen functional groups attached to an aromatic ring is 1. The molecule has 0 aromatic heterocycles. The minimum Gasteiger partial charge on any atom is -0.496 e. The zero-order chi connectivity index (χ0) is 15.1. The van der Waals surface area contributed by atoms with Gasteiger partial charge in [-0.3, -0.25) is 0 Å². The predicted octanol–water partition coefficient (Wildman–Crippen LogP) is 3.68. The summed E-state index contributed by atoms with van der Waals surface area (Å²) in [7, 11) is 1.67. The molecule has 3 N–H and O–H groups in total. The van der Waals surface area contributed by atoms with Crippen LogP contribution < -0.4 is 20.5 Å². The third-order valence-electron chi connectivity index (χ3n) is 3.19. The molecule has 2 rings (SSSR count). The van der Waals surface area contributed by atoms with Crippen LogP contribution in [0.1, 0.15) is 18.9 Å². The number of para-hydroxylation sites is 2. The molecular formula is C17H22N2O2. The molecule has 0 aliphatic carbocycles. The van der Waals surface area contributed by atoms with Crippen molar-refractivity contribution in [2.75, 3.05) is 24.8 Å². The molecule has 0 unspecified atom stereocenters. The molecule has 0 heterocycles. The molecule has 0 saturated carbocycles.